The Hall–Kier alpha value is -2.55. The molecule has 0 aliphatic carbocycles. The van der Waals surface area contributed by atoms with Crippen LogP contribution in [0.5, 0.6) is 0 Å². The predicted molar refractivity (Wildman–Crippen MR) is 174 cm³/mol. The molecule has 0 unspecified atom stereocenters. The van der Waals surface area contributed by atoms with Gasteiger partial charge in [0.1, 0.15) is 11.6 Å². The van der Waals surface area contributed by atoms with Crippen molar-refractivity contribution in [3.05, 3.63) is 41.2 Å². The van der Waals surface area contributed by atoms with Crippen molar-refractivity contribution in [3.8, 4) is 5.69 Å². The van der Waals surface area contributed by atoms with Crippen LogP contribution in [0.25, 0.3) is 5.69 Å². The van der Waals surface area contributed by atoms with E-state index in [1.54, 1.807) is 29.2 Å². The highest BCUT2D eigenvalue weighted by Crippen LogP contribution is 2.35. The molecule has 14 heteroatoms. The number of aromatic nitrogens is 2. The van der Waals surface area contributed by atoms with Crippen LogP contribution in [-0.4, -0.2) is 112 Å². The quantitative estimate of drug-likeness (QED) is 0.311. The Labute approximate surface area is 273 Å². The van der Waals surface area contributed by atoms with Crippen molar-refractivity contribution < 1.29 is 28.2 Å². The number of rotatable bonds is 12. The Balaban J connectivity index is 0.00000552. The second-order valence-corrected chi connectivity index (χ2v) is 14.5. The number of nitrogens with one attached hydrogen (secondary N) is 1. The molecule has 12 nitrogen and oxygen atoms in total. The monoisotopic (exact) mass is 668 g/mol. The summed E-state index contributed by atoms with van der Waals surface area (Å²) in [5.74, 6) is -0.532. The van der Waals surface area contributed by atoms with Crippen LogP contribution in [0.3, 0.4) is 0 Å². The van der Waals surface area contributed by atoms with Gasteiger partial charge in [-0.15, -0.1) is 12.4 Å². The molecule has 2 aliphatic rings. The van der Waals surface area contributed by atoms with Gasteiger partial charge in [-0.05, 0) is 63.3 Å². The van der Waals surface area contributed by atoms with Crippen molar-refractivity contribution in [2.75, 3.05) is 39.8 Å². The summed E-state index contributed by atoms with van der Waals surface area (Å²) in [4.78, 5) is 31.4. The number of aryl methyl sites for hydroxylation is 1. The van der Waals surface area contributed by atoms with Gasteiger partial charge in [0.15, 0.2) is 0 Å². The Bertz CT molecular complexity index is 1440. The molecule has 0 saturated carbocycles. The van der Waals surface area contributed by atoms with Crippen molar-refractivity contribution in [1.29, 1.82) is 0 Å². The molecule has 3 N–H and O–H groups in total. The predicted octanol–water partition coefficient (Wildman–Crippen LogP) is 2.00. The highest BCUT2D eigenvalue weighted by Gasteiger charge is 2.54. The van der Waals surface area contributed by atoms with Crippen LogP contribution in [0.2, 0.25) is 0 Å². The van der Waals surface area contributed by atoms with E-state index in [-0.39, 0.29) is 48.2 Å². The van der Waals surface area contributed by atoms with Gasteiger partial charge in [-0.25, -0.2) is 13.1 Å². The number of piperidine rings is 1. The van der Waals surface area contributed by atoms with Crippen LogP contribution in [0.15, 0.2) is 29.2 Å². The molecule has 2 amide bonds. The Morgan fingerprint density at radius 1 is 1.13 bits per heavy atom. The van der Waals surface area contributed by atoms with E-state index in [2.05, 4.69) is 17.1 Å². The molecule has 1 aromatic carbocycles. The van der Waals surface area contributed by atoms with Crippen LogP contribution in [-0.2, 0) is 26.2 Å². The first-order valence-corrected chi connectivity index (χ1v) is 17.0. The number of piperazine rings is 1. The fraction of sp³-hybridized carbons (Fsp3) is 0.645. The van der Waals surface area contributed by atoms with Gasteiger partial charge in [-0.2, -0.15) is 9.40 Å². The van der Waals surface area contributed by atoms with Crippen LogP contribution >= 0.6 is 12.4 Å². The van der Waals surface area contributed by atoms with Gasteiger partial charge in [0.25, 0.3) is 0 Å². The van der Waals surface area contributed by atoms with E-state index < -0.39 is 27.7 Å². The summed E-state index contributed by atoms with van der Waals surface area (Å²) in [5, 5.41) is 27.4. The number of hydrogen-bond donors (Lipinski definition) is 3. The van der Waals surface area contributed by atoms with Crippen molar-refractivity contribution in [2.24, 2.45) is 5.92 Å². The third kappa shape index (κ3) is 7.23. The molecule has 2 aliphatic heterocycles. The van der Waals surface area contributed by atoms with Crippen LogP contribution in [0.4, 0.5) is 0 Å². The summed E-state index contributed by atoms with van der Waals surface area (Å²) in [6, 6.07) is 5.62. The minimum absolute atomic E-state index is 0. The van der Waals surface area contributed by atoms with Gasteiger partial charge in [0, 0.05) is 51.0 Å². The average Bonchev–Trinajstić information content (AvgIpc) is 3.28. The topological polar surface area (TPSA) is 148 Å². The number of aliphatic hydroxyl groups is 2. The maximum absolute atomic E-state index is 13.6. The molecule has 1 spiro atoms. The normalized spacial score (nSPS) is 19.7. The minimum Gasteiger partial charge on any atom is -0.395 e. The van der Waals surface area contributed by atoms with Crippen molar-refractivity contribution in [3.63, 3.8) is 0 Å². The maximum atomic E-state index is 13.6. The zero-order chi connectivity index (χ0) is 32.4. The number of unbranched alkanes of at least 4 members (excludes halogenated alkanes) is 1. The molecule has 2 saturated heterocycles. The summed E-state index contributed by atoms with van der Waals surface area (Å²) >= 11 is 0. The number of hydrogen-bond acceptors (Lipinski definition) is 8. The smallest absolute Gasteiger partial charge is 0.248 e. The number of carbonyl (C=O) groups is 2. The van der Waals surface area contributed by atoms with Crippen LogP contribution in [0.1, 0.15) is 63.4 Å². The Morgan fingerprint density at radius 2 is 1.76 bits per heavy atom. The van der Waals surface area contributed by atoms with E-state index in [1.807, 2.05) is 32.4 Å². The number of aliphatic hydroxyl groups excluding tert-OH is 2. The zero-order valence-electron chi connectivity index (χ0n) is 27.2. The number of likely N-dealkylation sites (tertiary alicyclic amines) is 1. The molecular weight excluding hydrogens is 620 g/mol. The van der Waals surface area contributed by atoms with Gasteiger partial charge in [0.05, 0.1) is 29.0 Å². The molecule has 0 radical (unpaired) electrons. The highest BCUT2D eigenvalue weighted by molar-refractivity contribution is 7.89. The third-order valence-electron chi connectivity index (χ3n) is 9.23. The minimum atomic E-state index is -3.70. The van der Waals surface area contributed by atoms with Gasteiger partial charge in [-0.3, -0.25) is 14.5 Å². The van der Waals surface area contributed by atoms with E-state index in [9.17, 15) is 23.1 Å². The molecule has 2 atom stereocenters. The fourth-order valence-corrected chi connectivity index (χ4v) is 7.41. The van der Waals surface area contributed by atoms with E-state index in [1.165, 1.54) is 7.05 Å². The van der Waals surface area contributed by atoms with Crippen LogP contribution < -0.4 is 5.32 Å². The lowest BCUT2D eigenvalue weighted by atomic mass is 9.80. The summed E-state index contributed by atoms with van der Waals surface area (Å²) in [5.41, 5.74) is 2.68. The first kappa shape index (κ1) is 36.9. The van der Waals surface area contributed by atoms with E-state index in [0.717, 1.165) is 39.8 Å². The molecule has 0 bridgehead atoms. The second kappa shape index (κ2) is 14.9. The molecule has 2 aromatic rings. The largest absolute Gasteiger partial charge is 0.395 e. The number of nitrogens with zero attached hydrogens (tertiary/aromatic N) is 5. The van der Waals surface area contributed by atoms with Crippen molar-refractivity contribution >= 4 is 34.2 Å². The van der Waals surface area contributed by atoms with Crippen molar-refractivity contribution in [2.45, 2.75) is 89.4 Å². The summed E-state index contributed by atoms with van der Waals surface area (Å²) in [6.07, 6.45) is 1.76. The first-order chi connectivity index (χ1) is 20.8. The average molecular weight is 669 g/mol. The Kier molecular flexibility index (Phi) is 12.2. The van der Waals surface area contributed by atoms with Gasteiger partial charge >= 0.3 is 0 Å². The lowest BCUT2D eigenvalue weighted by molar-refractivity contribution is -0.165. The molecular formula is C31H49ClN6O6S. The number of halogens is 1. The lowest BCUT2D eigenvalue weighted by Gasteiger charge is -2.52. The van der Waals surface area contributed by atoms with Crippen molar-refractivity contribution in [1.82, 2.24) is 29.2 Å². The molecule has 3 heterocycles. The van der Waals surface area contributed by atoms with Gasteiger partial charge in [0.2, 0.25) is 21.8 Å². The fourth-order valence-electron chi connectivity index (χ4n) is 6.25. The van der Waals surface area contributed by atoms with E-state index in [4.69, 9.17) is 10.2 Å². The number of benzene rings is 1. The second-order valence-electron chi connectivity index (χ2n) is 12.4. The highest BCUT2D eigenvalue weighted by atomic mass is 35.5. The molecule has 4 rings (SSSR count). The van der Waals surface area contributed by atoms with E-state index in [0.29, 0.717) is 39.0 Å². The maximum Gasteiger partial charge on any atom is 0.248 e. The first-order valence-electron chi connectivity index (χ1n) is 15.5. The number of sulfonamides is 1. The lowest BCUT2D eigenvalue weighted by Crippen LogP contribution is -2.74. The molecule has 45 heavy (non-hydrogen) atoms. The summed E-state index contributed by atoms with van der Waals surface area (Å²) in [7, 11) is -2.27. The zero-order valence-corrected chi connectivity index (χ0v) is 28.8. The SMILES string of the molecule is CCCCN1C(=O)[C@@H]([C@H](O)C(C)C)NC(=O)C12CCN(Cc1c(C)nn(-c3ccc(S(=O)(=O)N(C)CCO)cc3)c1C)CC2.Cl. The third-order valence-corrected chi connectivity index (χ3v) is 11.1. The summed E-state index contributed by atoms with van der Waals surface area (Å²) < 4.78 is 28.4. The van der Waals surface area contributed by atoms with Gasteiger partial charge < -0.3 is 20.4 Å². The number of likely N-dealkylation sites (N-methyl/N-ethyl adjacent to an activating group) is 1. The molecule has 1 aromatic heterocycles. The molecule has 2 fully saturated rings. The van der Waals surface area contributed by atoms with Gasteiger partial charge in [-0.1, -0.05) is 27.2 Å². The molecule has 252 valence electrons. The number of carbonyl (C=O) groups excluding carboxylic acids is 2. The summed E-state index contributed by atoms with van der Waals surface area (Å²) in [6.45, 7) is 11.8. The number of amides is 2. The van der Waals surface area contributed by atoms with Crippen LogP contribution in [0, 0.1) is 19.8 Å². The Morgan fingerprint density at radius 3 is 2.31 bits per heavy atom. The van der Waals surface area contributed by atoms with E-state index >= 15 is 0 Å². The standard InChI is InChI=1S/C31H48N6O6S.ClH/c1-7-8-15-36-29(40)27(28(39)21(2)3)32-30(41)31(36)13-16-35(17-14-31)20-26-22(4)33-37(23(26)5)24-9-11-25(12-10-24)44(42,43)34(6)18-19-38;/h9-12,21,27-28,38-39H,7-8,13-20H2,1-6H3,(H,32,41);1H/t27-,28-;/m1./s1.